The summed E-state index contributed by atoms with van der Waals surface area (Å²) in [5.41, 5.74) is 0. The number of phosphoric ester groups is 1. The van der Waals surface area contributed by atoms with Crippen LogP contribution in [0.3, 0.4) is 0 Å². The zero-order chi connectivity index (χ0) is 16.2. The van der Waals surface area contributed by atoms with Crippen molar-refractivity contribution in [3.8, 4) is 0 Å². The molecule has 0 rings (SSSR count). The summed E-state index contributed by atoms with van der Waals surface area (Å²) in [7, 11) is -4.95. The average Bonchev–Trinajstić information content (AvgIpc) is 2.18. The van der Waals surface area contributed by atoms with Crippen molar-refractivity contribution in [2.45, 2.75) is 17.9 Å². The van der Waals surface area contributed by atoms with Crippen LogP contribution in [0.25, 0.3) is 0 Å². The van der Waals surface area contributed by atoms with Gasteiger partial charge in [-0.05, 0) is 0 Å². The first-order chi connectivity index (χ1) is 8.62. The van der Waals surface area contributed by atoms with Crippen LogP contribution in [0.5, 0.6) is 0 Å². The monoisotopic (exact) mass is 326 g/mol. The Balaban J connectivity index is 4.71. The summed E-state index contributed by atoms with van der Waals surface area (Å²) in [6.45, 7) is -4.47. The molecule has 0 radical (unpaired) electrons. The zero-order valence-electron chi connectivity index (χ0n) is 9.73. The molecular weight excluding hydrogens is 311 g/mol. The van der Waals surface area contributed by atoms with E-state index in [1.807, 2.05) is 0 Å². The van der Waals surface area contributed by atoms with Gasteiger partial charge in [-0.15, -0.1) is 0 Å². The molecule has 0 heterocycles. The van der Waals surface area contributed by atoms with E-state index in [4.69, 9.17) is 46.0 Å². The molecule has 0 atom stereocenters. The fourth-order valence-electron chi connectivity index (χ4n) is 0.609. The van der Waals surface area contributed by atoms with Gasteiger partial charge in [0.2, 0.25) is 0 Å². The van der Waals surface area contributed by atoms with Crippen molar-refractivity contribution in [2.24, 2.45) is 0 Å². The number of hydrogen-bond donors (Lipinski definition) is 9. The number of hydrogen-bond acceptors (Lipinski definition) is 13. The van der Waals surface area contributed by atoms with Gasteiger partial charge in [-0.3, -0.25) is 13.6 Å². The lowest BCUT2D eigenvalue weighted by Crippen LogP contribution is -2.36. The lowest BCUT2D eigenvalue weighted by Gasteiger charge is -2.24. The predicted octanol–water partition coefficient (Wildman–Crippen LogP) is -4.96. The molecular formula is C6H15O13P. The summed E-state index contributed by atoms with van der Waals surface area (Å²) in [4.78, 5) is 0. The molecule has 0 aliphatic rings. The quantitative estimate of drug-likeness (QED) is 0.143. The summed E-state index contributed by atoms with van der Waals surface area (Å²) >= 11 is 0. The third kappa shape index (κ3) is 11.6. The van der Waals surface area contributed by atoms with E-state index < -0.39 is 45.6 Å². The SMILES string of the molecule is O=P(OCC(O)(O)O)(OCC(O)(O)O)OCC(O)(O)O. The molecule has 0 aromatic carbocycles. The molecule has 0 amide bonds. The number of rotatable bonds is 9. The summed E-state index contributed by atoms with van der Waals surface area (Å²) in [5.74, 6) is -10.4. The van der Waals surface area contributed by atoms with Gasteiger partial charge in [0, 0.05) is 0 Å². The Bertz CT molecular complexity index is 282. The predicted molar refractivity (Wildman–Crippen MR) is 53.6 cm³/mol. The first-order valence-electron chi connectivity index (χ1n) is 4.67. The smallest absolute Gasteiger partial charge is 0.342 e. The van der Waals surface area contributed by atoms with Crippen LogP contribution in [0.1, 0.15) is 0 Å². The Kier molecular flexibility index (Phi) is 6.59. The topological polar surface area (TPSA) is 227 Å². The molecule has 13 nitrogen and oxygen atoms in total. The van der Waals surface area contributed by atoms with Gasteiger partial charge in [-0.25, -0.2) is 4.57 Å². The Morgan fingerprint density at radius 1 is 0.600 bits per heavy atom. The van der Waals surface area contributed by atoms with E-state index in [0.717, 1.165) is 0 Å². The second-order valence-corrected chi connectivity index (χ2v) is 5.26. The highest BCUT2D eigenvalue weighted by Gasteiger charge is 2.37. The van der Waals surface area contributed by atoms with E-state index in [2.05, 4.69) is 13.6 Å². The van der Waals surface area contributed by atoms with Crippen LogP contribution >= 0.6 is 7.82 Å². The third-order valence-corrected chi connectivity index (χ3v) is 2.58. The average molecular weight is 326 g/mol. The van der Waals surface area contributed by atoms with Gasteiger partial charge < -0.3 is 46.0 Å². The second kappa shape index (κ2) is 6.67. The van der Waals surface area contributed by atoms with E-state index in [9.17, 15) is 4.57 Å². The molecule has 9 N–H and O–H groups in total. The lowest BCUT2D eigenvalue weighted by molar-refractivity contribution is -0.334. The van der Waals surface area contributed by atoms with E-state index in [1.54, 1.807) is 0 Å². The molecule has 122 valence electrons. The Hall–Kier alpha value is -0.250. The first-order valence-corrected chi connectivity index (χ1v) is 6.13. The summed E-state index contributed by atoms with van der Waals surface area (Å²) in [6, 6.07) is 0. The van der Waals surface area contributed by atoms with E-state index in [1.165, 1.54) is 0 Å². The maximum Gasteiger partial charge on any atom is 0.475 e. The van der Waals surface area contributed by atoms with Gasteiger partial charge in [-0.2, -0.15) is 0 Å². The molecule has 0 aliphatic heterocycles. The lowest BCUT2D eigenvalue weighted by atomic mass is 10.6. The first kappa shape index (κ1) is 19.8. The van der Waals surface area contributed by atoms with Crippen LogP contribution in [0, 0.1) is 0 Å². The standard InChI is InChI=1S/C6H15O13P/c7-4(8,9)1-17-20(16,18-2-5(10,11)12)19-3-6(13,14)15/h7-15H,1-3H2. The second-order valence-electron chi connectivity index (χ2n) is 3.59. The number of aliphatic hydroxyl groups is 9. The van der Waals surface area contributed by atoms with Crippen molar-refractivity contribution in [3.63, 3.8) is 0 Å². The van der Waals surface area contributed by atoms with Crippen LogP contribution in [0.2, 0.25) is 0 Å². The van der Waals surface area contributed by atoms with E-state index in [0.29, 0.717) is 0 Å². The summed E-state index contributed by atoms with van der Waals surface area (Å²) in [6.07, 6.45) is 0. The molecule has 20 heavy (non-hydrogen) atoms. The Morgan fingerprint density at radius 2 is 0.800 bits per heavy atom. The minimum absolute atomic E-state index is 1.49. The summed E-state index contributed by atoms with van der Waals surface area (Å²) in [5, 5.41) is 76.5. The maximum atomic E-state index is 11.7. The van der Waals surface area contributed by atoms with Gasteiger partial charge in [0.15, 0.2) is 0 Å². The Morgan fingerprint density at radius 3 is 0.950 bits per heavy atom. The van der Waals surface area contributed by atoms with Crippen LogP contribution < -0.4 is 0 Å². The molecule has 0 saturated heterocycles. The fraction of sp³-hybridized carbons (Fsp3) is 1.00. The third-order valence-electron chi connectivity index (χ3n) is 1.25. The van der Waals surface area contributed by atoms with E-state index in [-0.39, 0.29) is 0 Å². The number of phosphoric acid groups is 1. The van der Waals surface area contributed by atoms with Gasteiger partial charge in [-0.1, -0.05) is 0 Å². The summed E-state index contributed by atoms with van der Waals surface area (Å²) < 4.78 is 23.9. The van der Waals surface area contributed by atoms with Crippen LogP contribution in [0.4, 0.5) is 0 Å². The molecule has 0 saturated carbocycles. The van der Waals surface area contributed by atoms with Crippen molar-refractivity contribution in [1.82, 2.24) is 0 Å². The highest BCUT2D eigenvalue weighted by molar-refractivity contribution is 7.48. The highest BCUT2D eigenvalue weighted by Crippen LogP contribution is 2.50. The van der Waals surface area contributed by atoms with Gasteiger partial charge in [0.25, 0.3) is 0 Å². The van der Waals surface area contributed by atoms with Crippen molar-refractivity contribution in [2.75, 3.05) is 19.8 Å². The largest absolute Gasteiger partial charge is 0.475 e. The van der Waals surface area contributed by atoms with Crippen LogP contribution in [0.15, 0.2) is 0 Å². The van der Waals surface area contributed by atoms with Gasteiger partial charge in [0.1, 0.15) is 19.8 Å². The minimum atomic E-state index is -4.95. The van der Waals surface area contributed by atoms with Crippen molar-refractivity contribution < 1.29 is 64.1 Å². The maximum absolute atomic E-state index is 11.7. The van der Waals surface area contributed by atoms with Gasteiger partial charge in [0.05, 0.1) is 0 Å². The molecule has 0 bridgehead atoms. The molecule has 0 fully saturated rings. The van der Waals surface area contributed by atoms with Crippen molar-refractivity contribution in [1.29, 1.82) is 0 Å². The van der Waals surface area contributed by atoms with Crippen LogP contribution in [-0.4, -0.2) is 83.7 Å². The normalized spacial score (nSPS) is 14.7. The van der Waals surface area contributed by atoms with Crippen molar-refractivity contribution >= 4 is 7.82 Å². The minimum Gasteiger partial charge on any atom is -0.342 e. The van der Waals surface area contributed by atoms with Crippen molar-refractivity contribution in [3.05, 3.63) is 0 Å². The van der Waals surface area contributed by atoms with Gasteiger partial charge >= 0.3 is 25.7 Å². The molecule has 0 spiro atoms. The zero-order valence-corrected chi connectivity index (χ0v) is 10.6. The van der Waals surface area contributed by atoms with E-state index >= 15 is 0 Å². The Labute approximate surface area is 111 Å². The molecule has 0 aromatic rings. The molecule has 0 aromatic heterocycles. The molecule has 14 heteroatoms. The fourth-order valence-corrected chi connectivity index (χ4v) is 1.83. The molecule has 0 unspecified atom stereocenters. The van der Waals surface area contributed by atoms with Crippen LogP contribution in [-0.2, 0) is 18.1 Å². The molecule has 0 aliphatic carbocycles. The highest BCUT2D eigenvalue weighted by atomic mass is 31.2.